The van der Waals surface area contributed by atoms with Gasteiger partial charge in [-0.2, -0.15) is 0 Å². The second-order valence-electron chi connectivity index (χ2n) is 5.53. The lowest BCUT2D eigenvalue weighted by Gasteiger charge is -2.20. The van der Waals surface area contributed by atoms with E-state index in [4.69, 9.17) is 4.42 Å². The molecular formula is C17H19BrClN3O3. The molecule has 1 fully saturated rings. The first-order valence-corrected chi connectivity index (χ1v) is 8.59. The van der Waals surface area contributed by atoms with Gasteiger partial charge >= 0.3 is 0 Å². The number of carbonyl (C=O) groups excluding carboxylic acids is 2. The van der Waals surface area contributed by atoms with Crippen LogP contribution in [0.15, 0.2) is 45.5 Å². The number of amides is 2. The highest BCUT2D eigenvalue weighted by Gasteiger charge is 2.17. The van der Waals surface area contributed by atoms with Gasteiger partial charge in [-0.15, -0.1) is 12.4 Å². The van der Waals surface area contributed by atoms with Crippen molar-refractivity contribution in [3.8, 4) is 0 Å². The van der Waals surface area contributed by atoms with Gasteiger partial charge in [-0.05, 0) is 65.3 Å². The Hall–Kier alpha value is -1.83. The van der Waals surface area contributed by atoms with Gasteiger partial charge < -0.3 is 20.0 Å². The molecule has 2 aromatic rings. The number of nitrogens with one attached hydrogen (secondary N) is 2. The highest BCUT2D eigenvalue weighted by Crippen LogP contribution is 2.17. The molecule has 0 bridgehead atoms. The molecule has 0 atom stereocenters. The molecule has 0 unspecified atom stereocenters. The lowest BCUT2D eigenvalue weighted by Crippen LogP contribution is -2.34. The first kappa shape index (κ1) is 19.5. The summed E-state index contributed by atoms with van der Waals surface area (Å²) in [7, 11) is 0. The van der Waals surface area contributed by atoms with E-state index in [-0.39, 0.29) is 30.0 Å². The molecule has 0 saturated carbocycles. The van der Waals surface area contributed by atoms with E-state index in [1.165, 1.54) is 0 Å². The number of rotatable bonds is 3. The van der Waals surface area contributed by atoms with Crippen molar-refractivity contribution in [2.24, 2.45) is 0 Å². The van der Waals surface area contributed by atoms with Gasteiger partial charge in [-0.3, -0.25) is 9.59 Å². The van der Waals surface area contributed by atoms with Crippen LogP contribution < -0.4 is 10.6 Å². The van der Waals surface area contributed by atoms with Gasteiger partial charge in [-0.1, -0.05) is 0 Å². The van der Waals surface area contributed by atoms with Crippen LogP contribution in [0.1, 0.15) is 27.3 Å². The van der Waals surface area contributed by atoms with Gasteiger partial charge in [-0.25, -0.2) is 0 Å². The Morgan fingerprint density at radius 1 is 1.08 bits per heavy atom. The van der Waals surface area contributed by atoms with Crippen molar-refractivity contribution in [3.63, 3.8) is 0 Å². The zero-order valence-corrected chi connectivity index (χ0v) is 15.9. The maximum atomic E-state index is 12.5. The third-order valence-corrected chi connectivity index (χ3v) is 4.24. The Kier molecular flexibility index (Phi) is 7.04. The van der Waals surface area contributed by atoms with Gasteiger partial charge in [0.15, 0.2) is 10.4 Å². The molecule has 134 valence electrons. The molecule has 1 saturated heterocycles. The second-order valence-corrected chi connectivity index (χ2v) is 6.31. The van der Waals surface area contributed by atoms with E-state index in [0.717, 1.165) is 26.1 Å². The highest BCUT2D eigenvalue weighted by molar-refractivity contribution is 9.10. The van der Waals surface area contributed by atoms with Gasteiger partial charge in [0.2, 0.25) is 0 Å². The number of hydrogen-bond donors (Lipinski definition) is 2. The average Bonchev–Trinajstić information content (AvgIpc) is 2.85. The van der Waals surface area contributed by atoms with Crippen molar-refractivity contribution in [2.75, 3.05) is 31.5 Å². The van der Waals surface area contributed by atoms with Crippen molar-refractivity contribution < 1.29 is 14.0 Å². The van der Waals surface area contributed by atoms with E-state index < -0.39 is 0 Å². The molecule has 8 heteroatoms. The topological polar surface area (TPSA) is 74.6 Å². The van der Waals surface area contributed by atoms with Crippen LogP contribution in [0.2, 0.25) is 0 Å². The Morgan fingerprint density at radius 2 is 1.84 bits per heavy atom. The normalized spacial score (nSPS) is 14.4. The minimum atomic E-state index is -0.335. The quantitative estimate of drug-likeness (QED) is 0.787. The minimum Gasteiger partial charge on any atom is -0.444 e. The number of nitrogens with zero attached hydrogens (tertiary/aromatic N) is 1. The summed E-state index contributed by atoms with van der Waals surface area (Å²) in [5, 5.41) is 6.02. The first-order valence-electron chi connectivity index (χ1n) is 7.80. The first-order chi connectivity index (χ1) is 11.6. The Balaban J connectivity index is 0.00000225. The molecule has 3 rings (SSSR count). The summed E-state index contributed by atoms with van der Waals surface area (Å²) >= 11 is 3.16. The summed E-state index contributed by atoms with van der Waals surface area (Å²) in [6, 6.07) is 10.2. The zero-order chi connectivity index (χ0) is 16.9. The average molecular weight is 429 g/mol. The third kappa shape index (κ3) is 5.07. The summed E-state index contributed by atoms with van der Waals surface area (Å²) in [5.74, 6) is -0.0935. The van der Waals surface area contributed by atoms with Crippen molar-refractivity contribution >= 4 is 45.8 Å². The Labute approximate surface area is 160 Å². The van der Waals surface area contributed by atoms with Crippen LogP contribution >= 0.6 is 28.3 Å². The molecule has 6 nitrogen and oxygen atoms in total. The number of halogens is 2. The molecule has 2 N–H and O–H groups in total. The third-order valence-electron chi connectivity index (χ3n) is 3.81. The number of anilines is 1. The summed E-state index contributed by atoms with van der Waals surface area (Å²) in [6.07, 6.45) is 0.957. The van der Waals surface area contributed by atoms with Gasteiger partial charge in [0, 0.05) is 30.9 Å². The molecule has 0 spiro atoms. The van der Waals surface area contributed by atoms with Crippen LogP contribution in [0.3, 0.4) is 0 Å². The number of hydrogen-bond acceptors (Lipinski definition) is 4. The summed E-state index contributed by atoms with van der Waals surface area (Å²) in [6.45, 7) is 3.23. The molecule has 1 aromatic carbocycles. The van der Waals surface area contributed by atoms with Crippen LogP contribution in [-0.2, 0) is 0 Å². The minimum absolute atomic E-state index is 0. The van der Waals surface area contributed by atoms with Crippen molar-refractivity contribution in [1.29, 1.82) is 0 Å². The molecule has 1 aliphatic heterocycles. The van der Waals surface area contributed by atoms with Crippen LogP contribution in [0.5, 0.6) is 0 Å². The predicted molar refractivity (Wildman–Crippen MR) is 101 cm³/mol. The van der Waals surface area contributed by atoms with Crippen LogP contribution in [0, 0.1) is 0 Å². The van der Waals surface area contributed by atoms with Crippen LogP contribution in [-0.4, -0.2) is 42.9 Å². The van der Waals surface area contributed by atoms with Crippen molar-refractivity contribution in [2.45, 2.75) is 6.42 Å². The molecular weight excluding hydrogens is 410 g/mol. The fourth-order valence-electron chi connectivity index (χ4n) is 2.56. The number of benzene rings is 1. The molecule has 2 amide bonds. The Bertz CT molecular complexity index is 725. The lowest BCUT2D eigenvalue weighted by molar-refractivity contribution is 0.0766. The fourth-order valence-corrected chi connectivity index (χ4v) is 2.86. The second kappa shape index (κ2) is 9.03. The Morgan fingerprint density at radius 3 is 2.52 bits per heavy atom. The van der Waals surface area contributed by atoms with Gasteiger partial charge in [0.1, 0.15) is 0 Å². The molecule has 0 aliphatic carbocycles. The monoisotopic (exact) mass is 427 g/mol. The molecule has 2 heterocycles. The maximum absolute atomic E-state index is 12.5. The van der Waals surface area contributed by atoms with Crippen LogP contribution in [0.4, 0.5) is 5.69 Å². The van der Waals surface area contributed by atoms with Crippen molar-refractivity contribution in [3.05, 3.63) is 52.4 Å². The zero-order valence-electron chi connectivity index (χ0n) is 13.5. The van der Waals surface area contributed by atoms with E-state index >= 15 is 0 Å². The highest BCUT2D eigenvalue weighted by atomic mass is 79.9. The largest absolute Gasteiger partial charge is 0.444 e. The maximum Gasteiger partial charge on any atom is 0.291 e. The molecule has 1 aliphatic rings. The van der Waals surface area contributed by atoms with E-state index in [1.54, 1.807) is 36.4 Å². The summed E-state index contributed by atoms with van der Waals surface area (Å²) in [4.78, 5) is 26.4. The number of furan rings is 1. The SMILES string of the molecule is Cl.O=C(Nc1ccc(C(=O)N2CCCNCC2)cc1)c1ccc(Br)o1. The standard InChI is InChI=1S/C17H18BrN3O3.ClH/c18-15-7-6-14(24-15)16(22)20-13-4-2-12(3-5-13)17(23)21-10-1-8-19-9-11-21;/h2-7,19H,1,8-11H2,(H,20,22);1H. The van der Waals surface area contributed by atoms with Crippen molar-refractivity contribution in [1.82, 2.24) is 10.2 Å². The predicted octanol–water partition coefficient (Wildman–Crippen LogP) is 3.15. The number of carbonyl (C=O) groups is 2. The molecule has 1 aromatic heterocycles. The lowest BCUT2D eigenvalue weighted by atomic mass is 10.1. The summed E-state index contributed by atoms with van der Waals surface area (Å²) in [5.41, 5.74) is 1.23. The van der Waals surface area contributed by atoms with E-state index in [9.17, 15) is 9.59 Å². The fraction of sp³-hybridized carbons (Fsp3) is 0.294. The van der Waals surface area contributed by atoms with Gasteiger partial charge in [0.05, 0.1) is 0 Å². The molecule has 25 heavy (non-hydrogen) atoms. The van der Waals surface area contributed by atoms with Gasteiger partial charge in [0.25, 0.3) is 11.8 Å². The van der Waals surface area contributed by atoms with E-state index in [1.807, 2.05) is 4.90 Å². The van der Waals surface area contributed by atoms with E-state index in [0.29, 0.717) is 22.5 Å². The summed E-state index contributed by atoms with van der Waals surface area (Å²) < 4.78 is 5.71. The molecule has 0 radical (unpaired) electrons. The van der Waals surface area contributed by atoms with Crippen LogP contribution in [0.25, 0.3) is 0 Å². The smallest absolute Gasteiger partial charge is 0.291 e. The van der Waals surface area contributed by atoms with E-state index in [2.05, 4.69) is 26.6 Å².